The van der Waals surface area contributed by atoms with E-state index in [0.717, 1.165) is 0 Å². The van der Waals surface area contributed by atoms with Gasteiger partial charge < -0.3 is 28.8 Å². The standard InChI is InChI=1S/C14H22O6/c1-13(2)16-7-9(18-13)10-12-11(8(17-10)5-6-15)19-14(3,4)20-12/h5,9-12,15H,6-7H2,1-4H3/b8-5-/t9-,10+,11+,12-/m1/s1. The van der Waals surface area contributed by atoms with E-state index >= 15 is 0 Å². The number of aliphatic hydroxyl groups is 1. The lowest BCUT2D eigenvalue weighted by atomic mass is 10.1. The van der Waals surface area contributed by atoms with Gasteiger partial charge in [-0.3, -0.25) is 0 Å². The van der Waals surface area contributed by atoms with Crippen molar-refractivity contribution in [3.63, 3.8) is 0 Å². The number of ether oxygens (including phenoxy) is 5. The molecule has 1 N–H and O–H groups in total. The van der Waals surface area contributed by atoms with E-state index < -0.39 is 11.6 Å². The van der Waals surface area contributed by atoms with Crippen molar-refractivity contribution in [3.8, 4) is 0 Å². The number of hydrogen-bond acceptors (Lipinski definition) is 6. The third kappa shape index (κ3) is 2.46. The van der Waals surface area contributed by atoms with Gasteiger partial charge >= 0.3 is 0 Å². The van der Waals surface area contributed by atoms with E-state index in [9.17, 15) is 0 Å². The second-order valence-electron chi connectivity index (χ2n) is 6.26. The number of rotatable bonds is 2. The Balaban J connectivity index is 1.81. The van der Waals surface area contributed by atoms with Crippen molar-refractivity contribution in [3.05, 3.63) is 11.8 Å². The van der Waals surface area contributed by atoms with Gasteiger partial charge in [0.2, 0.25) is 0 Å². The highest BCUT2D eigenvalue weighted by molar-refractivity contribution is 5.16. The SMILES string of the molecule is CC1(C)OC[C@H]([C@@H]2O/C(=C\CO)[C@@H]3OC(C)(C)O[C@H]23)O1. The first-order chi connectivity index (χ1) is 9.31. The van der Waals surface area contributed by atoms with Gasteiger partial charge in [-0.1, -0.05) is 0 Å². The third-order valence-corrected chi connectivity index (χ3v) is 3.69. The summed E-state index contributed by atoms with van der Waals surface area (Å²) in [6.45, 7) is 7.85. The minimum atomic E-state index is -0.666. The minimum Gasteiger partial charge on any atom is -0.486 e. The van der Waals surface area contributed by atoms with Crippen molar-refractivity contribution in [2.24, 2.45) is 0 Å². The number of aliphatic hydroxyl groups excluding tert-OH is 1. The Kier molecular flexibility index (Phi) is 3.34. The maximum Gasteiger partial charge on any atom is 0.164 e. The summed E-state index contributed by atoms with van der Waals surface area (Å²) in [5.41, 5.74) is 0. The van der Waals surface area contributed by atoms with E-state index in [2.05, 4.69) is 0 Å². The molecule has 114 valence electrons. The van der Waals surface area contributed by atoms with Gasteiger partial charge in [0.05, 0.1) is 13.2 Å². The monoisotopic (exact) mass is 286 g/mol. The van der Waals surface area contributed by atoms with Crippen molar-refractivity contribution < 1.29 is 28.8 Å². The molecule has 0 bridgehead atoms. The van der Waals surface area contributed by atoms with Gasteiger partial charge in [0, 0.05) is 0 Å². The third-order valence-electron chi connectivity index (χ3n) is 3.69. The van der Waals surface area contributed by atoms with Gasteiger partial charge in [0.25, 0.3) is 0 Å². The zero-order valence-electron chi connectivity index (χ0n) is 12.3. The summed E-state index contributed by atoms with van der Waals surface area (Å²) >= 11 is 0. The second kappa shape index (κ2) is 4.68. The molecule has 20 heavy (non-hydrogen) atoms. The fraction of sp³-hybridized carbons (Fsp3) is 0.857. The maximum atomic E-state index is 9.10. The summed E-state index contributed by atoms with van der Waals surface area (Å²) in [6.07, 6.45) is 0.573. The van der Waals surface area contributed by atoms with Crippen LogP contribution in [-0.2, 0) is 23.7 Å². The van der Waals surface area contributed by atoms with Crippen LogP contribution in [-0.4, -0.2) is 54.3 Å². The van der Waals surface area contributed by atoms with Crippen LogP contribution in [0.25, 0.3) is 0 Å². The topological polar surface area (TPSA) is 66.4 Å². The van der Waals surface area contributed by atoms with Crippen LogP contribution in [0.3, 0.4) is 0 Å². The quantitative estimate of drug-likeness (QED) is 0.814. The molecule has 0 aromatic rings. The first-order valence-corrected chi connectivity index (χ1v) is 6.96. The van der Waals surface area contributed by atoms with E-state index in [-0.39, 0.29) is 31.0 Å². The first kappa shape index (κ1) is 14.3. The highest BCUT2D eigenvalue weighted by atomic mass is 16.8. The molecule has 4 atom stereocenters. The minimum absolute atomic E-state index is 0.0947. The van der Waals surface area contributed by atoms with Crippen LogP contribution >= 0.6 is 0 Å². The lowest BCUT2D eigenvalue weighted by Crippen LogP contribution is -2.40. The molecule has 6 heteroatoms. The van der Waals surface area contributed by atoms with Gasteiger partial charge in [-0.05, 0) is 33.8 Å². The lowest BCUT2D eigenvalue weighted by Gasteiger charge is -2.26. The second-order valence-corrected chi connectivity index (χ2v) is 6.26. The Labute approximate surface area is 118 Å². The highest BCUT2D eigenvalue weighted by Crippen LogP contribution is 2.43. The highest BCUT2D eigenvalue weighted by Gasteiger charge is 2.57. The van der Waals surface area contributed by atoms with Crippen molar-refractivity contribution in [2.75, 3.05) is 13.2 Å². The molecule has 0 unspecified atom stereocenters. The summed E-state index contributed by atoms with van der Waals surface area (Å²) < 4.78 is 29.1. The summed E-state index contributed by atoms with van der Waals surface area (Å²) in [7, 11) is 0. The van der Waals surface area contributed by atoms with Crippen molar-refractivity contribution in [1.29, 1.82) is 0 Å². The van der Waals surface area contributed by atoms with Crippen molar-refractivity contribution in [2.45, 2.75) is 63.7 Å². The Hall–Kier alpha value is -0.660. The molecule has 3 aliphatic heterocycles. The van der Waals surface area contributed by atoms with Gasteiger partial charge in [-0.25, -0.2) is 0 Å². The number of fused-ring (bicyclic) bond motifs is 1. The average Bonchev–Trinajstić information content (AvgIpc) is 2.92. The summed E-state index contributed by atoms with van der Waals surface area (Å²) in [5.74, 6) is -0.663. The number of hydrogen-bond donors (Lipinski definition) is 1. The molecule has 0 aliphatic carbocycles. The summed E-state index contributed by atoms with van der Waals surface area (Å²) in [6, 6.07) is 0. The van der Waals surface area contributed by atoms with Crippen LogP contribution in [0.2, 0.25) is 0 Å². The van der Waals surface area contributed by atoms with Gasteiger partial charge in [-0.15, -0.1) is 0 Å². The molecule has 3 rings (SSSR count). The normalized spacial score (nSPS) is 43.8. The van der Waals surface area contributed by atoms with Crippen molar-refractivity contribution >= 4 is 0 Å². The Morgan fingerprint density at radius 3 is 2.45 bits per heavy atom. The molecule has 6 nitrogen and oxygen atoms in total. The van der Waals surface area contributed by atoms with Crippen LogP contribution < -0.4 is 0 Å². The van der Waals surface area contributed by atoms with E-state index in [0.29, 0.717) is 12.4 Å². The average molecular weight is 286 g/mol. The predicted octanol–water partition coefficient (Wildman–Crippen LogP) is 0.933. The maximum absolute atomic E-state index is 9.10. The van der Waals surface area contributed by atoms with Crippen LogP contribution in [0.4, 0.5) is 0 Å². The Morgan fingerprint density at radius 1 is 1.10 bits per heavy atom. The van der Waals surface area contributed by atoms with Crippen molar-refractivity contribution in [1.82, 2.24) is 0 Å². The molecular formula is C14H22O6. The largest absolute Gasteiger partial charge is 0.486 e. The van der Waals surface area contributed by atoms with Gasteiger partial charge in [0.15, 0.2) is 17.7 Å². The van der Waals surface area contributed by atoms with Gasteiger partial charge in [0.1, 0.15) is 24.1 Å². The molecule has 3 aliphatic rings. The van der Waals surface area contributed by atoms with Crippen LogP contribution in [0.15, 0.2) is 11.8 Å². The zero-order valence-corrected chi connectivity index (χ0v) is 12.3. The van der Waals surface area contributed by atoms with E-state index in [4.69, 9.17) is 28.8 Å². The Morgan fingerprint density at radius 2 is 1.85 bits per heavy atom. The fourth-order valence-corrected chi connectivity index (χ4v) is 2.96. The summed E-state index contributed by atoms with van der Waals surface area (Å²) in [5, 5.41) is 9.10. The molecule has 0 saturated carbocycles. The van der Waals surface area contributed by atoms with Crippen LogP contribution in [0.5, 0.6) is 0 Å². The van der Waals surface area contributed by atoms with E-state index in [1.54, 1.807) is 6.08 Å². The fourth-order valence-electron chi connectivity index (χ4n) is 2.96. The first-order valence-electron chi connectivity index (χ1n) is 6.96. The lowest BCUT2D eigenvalue weighted by molar-refractivity contribution is -0.187. The molecule has 3 heterocycles. The van der Waals surface area contributed by atoms with Crippen LogP contribution in [0, 0.1) is 0 Å². The molecule has 3 fully saturated rings. The smallest absolute Gasteiger partial charge is 0.164 e. The van der Waals surface area contributed by atoms with Crippen LogP contribution in [0.1, 0.15) is 27.7 Å². The summed E-state index contributed by atoms with van der Waals surface area (Å²) in [4.78, 5) is 0. The zero-order chi connectivity index (χ0) is 14.5. The van der Waals surface area contributed by atoms with E-state index in [1.807, 2.05) is 27.7 Å². The molecule has 0 amide bonds. The molecule has 0 spiro atoms. The Bertz CT molecular complexity index is 416. The van der Waals surface area contributed by atoms with E-state index in [1.165, 1.54) is 0 Å². The molecular weight excluding hydrogens is 264 g/mol. The predicted molar refractivity (Wildman–Crippen MR) is 68.8 cm³/mol. The molecule has 0 aromatic carbocycles. The van der Waals surface area contributed by atoms with Gasteiger partial charge in [-0.2, -0.15) is 0 Å². The molecule has 0 aromatic heterocycles. The molecule has 0 radical (unpaired) electrons. The molecule has 3 saturated heterocycles.